The zero-order valence-corrected chi connectivity index (χ0v) is 18.2. The highest BCUT2D eigenvalue weighted by atomic mass is 32.2. The Bertz CT molecular complexity index is 1100. The summed E-state index contributed by atoms with van der Waals surface area (Å²) >= 11 is 0. The number of sulfonamides is 1. The number of rotatable bonds is 6. The summed E-state index contributed by atoms with van der Waals surface area (Å²) in [4.78, 5) is 6.40. The Kier molecular flexibility index (Phi) is 6.43. The van der Waals surface area contributed by atoms with Gasteiger partial charge < -0.3 is 14.0 Å². The molecule has 0 unspecified atom stereocenters. The average Bonchev–Trinajstić information content (AvgIpc) is 3.29. The van der Waals surface area contributed by atoms with Crippen LogP contribution >= 0.6 is 0 Å². The normalized spacial score (nSPS) is 15.0. The first-order valence-electron chi connectivity index (χ1n) is 10.1. The highest BCUT2D eigenvalue weighted by Crippen LogP contribution is 2.30. The van der Waals surface area contributed by atoms with Gasteiger partial charge in [0.2, 0.25) is 10.0 Å². The highest BCUT2D eigenvalue weighted by molar-refractivity contribution is 7.92. The summed E-state index contributed by atoms with van der Waals surface area (Å²) in [5, 5.41) is 0. The maximum absolute atomic E-state index is 11.3. The van der Waals surface area contributed by atoms with Crippen LogP contribution in [0.25, 0.3) is 5.69 Å². The van der Waals surface area contributed by atoms with Gasteiger partial charge in [-0.15, -0.1) is 0 Å². The molecular formula is C22H26N4O4S. The average molecular weight is 443 g/mol. The highest BCUT2D eigenvalue weighted by Gasteiger charge is 2.14. The molecule has 4 rings (SSSR count). The van der Waals surface area contributed by atoms with E-state index in [2.05, 4.69) is 14.6 Å². The van der Waals surface area contributed by atoms with Crippen LogP contribution in [0.1, 0.15) is 5.56 Å². The number of nitrogens with one attached hydrogen (secondary N) is 1. The summed E-state index contributed by atoms with van der Waals surface area (Å²) in [7, 11) is -3.26. The molecule has 31 heavy (non-hydrogen) atoms. The maximum Gasteiger partial charge on any atom is 0.229 e. The second-order valence-electron chi connectivity index (χ2n) is 7.46. The van der Waals surface area contributed by atoms with Gasteiger partial charge in [0.25, 0.3) is 0 Å². The fourth-order valence-electron chi connectivity index (χ4n) is 3.45. The summed E-state index contributed by atoms with van der Waals surface area (Å²) in [5.41, 5.74) is 2.70. The van der Waals surface area contributed by atoms with Crippen molar-refractivity contribution >= 4 is 15.7 Å². The third-order valence-electron chi connectivity index (χ3n) is 5.03. The molecule has 0 bridgehead atoms. The summed E-state index contributed by atoms with van der Waals surface area (Å²) in [5.74, 6) is 1.49. The maximum atomic E-state index is 11.3. The van der Waals surface area contributed by atoms with Crippen LogP contribution in [0.15, 0.2) is 61.2 Å². The first-order valence-corrected chi connectivity index (χ1v) is 12.0. The first-order chi connectivity index (χ1) is 15.0. The molecule has 0 spiro atoms. The van der Waals surface area contributed by atoms with Gasteiger partial charge in [-0.25, -0.2) is 13.4 Å². The van der Waals surface area contributed by atoms with Crippen LogP contribution < -0.4 is 14.2 Å². The molecule has 3 aromatic rings. The number of hydrogen-bond donors (Lipinski definition) is 1. The van der Waals surface area contributed by atoms with Gasteiger partial charge in [-0.05, 0) is 36.2 Å². The number of fused-ring (bicyclic) bond motifs is 1. The molecule has 2 aromatic carbocycles. The van der Waals surface area contributed by atoms with E-state index < -0.39 is 10.0 Å². The fourth-order valence-corrected chi connectivity index (χ4v) is 4.01. The molecule has 8 nitrogen and oxygen atoms in total. The summed E-state index contributed by atoms with van der Waals surface area (Å²) in [6.07, 6.45) is 7.39. The monoisotopic (exact) mass is 442 g/mol. The molecule has 1 aliphatic heterocycles. The number of anilines is 1. The van der Waals surface area contributed by atoms with Crippen LogP contribution in [-0.2, 0) is 16.4 Å². The molecule has 1 aromatic heterocycles. The van der Waals surface area contributed by atoms with Crippen molar-refractivity contribution in [1.29, 1.82) is 0 Å². The van der Waals surface area contributed by atoms with Crippen molar-refractivity contribution in [3.05, 3.63) is 66.7 Å². The molecule has 1 aliphatic rings. The minimum atomic E-state index is -3.26. The summed E-state index contributed by atoms with van der Waals surface area (Å²) in [6, 6.07) is 13.4. The number of nitrogens with zero attached hydrogens (tertiary/aromatic N) is 3. The summed E-state index contributed by atoms with van der Waals surface area (Å²) in [6.45, 7) is 3.62. The van der Waals surface area contributed by atoms with E-state index in [9.17, 15) is 8.42 Å². The predicted octanol–water partition coefficient (Wildman–Crippen LogP) is 2.56. The lowest BCUT2D eigenvalue weighted by Crippen LogP contribution is -2.33. The molecule has 0 saturated carbocycles. The predicted molar refractivity (Wildman–Crippen MR) is 120 cm³/mol. The third-order valence-corrected chi connectivity index (χ3v) is 5.64. The number of aromatic nitrogens is 2. The van der Waals surface area contributed by atoms with Crippen molar-refractivity contribution in [1.82, 2.24) is 14.5 Å². The van der Waals surface area contributed by atoms with E-state index in [1.807, 2.05) is 41.1 Å². The Morgan fingerprint density at radius 1 is 1.03 bits per heavy atom. The molecule has 0 fully saturated rings. The Morgan fingerprint density at radius 3 is 2.45 bits per heavy atom. The summed E-state index contributed by atoms with van der Waals surface area (Å²) < 4.78 is 39.0. The molecule has 0 aliphatic carbocycles. The molecule has 0 amide bonds. The van der Waals surface area contributed by atoms with Crippen molar-refractivity contribution in [3.8, 4) is 17.2 Å². The smallest absolute Gasteiger partial charge is 0.229 e. The van der Waals surface area contributed by atoms with Gasteiger partial charge in [-0.3, -0.25) is 9.62 Å². The fraction of sp³-hybridized carbons (Fsp3) is 0.318. The van der Waals surface area contributed by atoms with Crippen molar-refractivity contribution in [2.24, 2.45) is 0 Å². The van der Waals surface area contributed by atoms with E-state index >= 15 is 0 Å². The quantitative estimate of drug-likeness (QED) is 0.632. The van der Waals surface area contributed by atoms with Crippen LogP contribution in [0.3, 0.4) is 0 Å². The Morgan fingerprint density at radius 2 is 1.77 bits per heavy atom. The van der Waals surface area contributed by atoms with Crippen molar-refractivity contribution in [3.63, 3.8) is 0 Å². The van der Waals surface area contributed by atoms with Crippen molar-refractivity contribution in [2.45, 2.75) is 6.42 Å². The van der Waals surface area contributed by atoms with Gasteiger partial charge in [0.1, 0.15) is 13.2 Å². The second-order valence-corrected chi connectivity index (χ2v) is 9.21. The van der Waals surface area contributed by atoms with Crippen LogP contribution in [0.4, 0.5) is 5.69 Å². The van der Waals surface area contributed by atoms with Crippen LogP contribution in [0, 0.1) is 0 Å². The van der Waals surface area contributed by atoms with E-state index in [4.69, 9.17) is 9.47 Å². The SMILES string of the molecule is CS(=O)(=O)Nc1ccc(CCN2CCOc3ccc(-n4ccnc4)cc3OCC2)cc1. The zero-order valence-electron chi connectivity index (χ0n) is 17.4. The number of hydrogen-bond acceptors (Lipinski definition) is 6. The third kappa shape index (κ3) is 5.99. The second kappa shape index (κ2) is 9.40. The van der Waals surface area contributed by atoms with Gasteiger partial charge in [-0.1, -0.05) is 12.1 Å². The van der Waals surface area contributed by atoms with Crippen LogP contribution in [0.5, 0.6) is 11.5 Å². The molecule has 0 saturated heterocycles. The van der Waals surface area contributed by atoms with E-state index in [1.54, 1.807) is 24.7 Å². The Hall–Kier alpha value is -3.04. The topological polar surface area (TPSA) is 85.7 Å². The zero-order chi connectivity index (χ0) is 21.7. The number of ether oxygens (including phenoxy) is 2. The van der Waals surface area contributed by atoms with Gasteiger partial charge >= 0.3 is 0 Å². The van der Waals surface area contributed by atoms with E-state index in [1.165, 1.54) is 0 Å². The molecule has 0 atom stereocenters. The van der Waals surface area contributed by atoms with E-state index in [-0.39, 0.29) is 0 Å². The number of imidazole rings is 1. The standard InChI is InChI=1S/C22H26N4O4S/c1-31(27,28)24-19-4-2-18(3-5-19)8-10-25-12-14-29-21-7-6-20(26-11-9-23-17-26)16-22(21)30-15-13-25/h2-7,9,11,16-17,24H,8,10,12-15H2,1H3. The lowest BCUT2D eigenvalue weighted by Gasteiger charge is -2.20. The van der Waals surface area contributed by atoms with E-state index in [0.717, 1.165) is 55.1 Å². The molecule has 2 heterocycles. The van der Waals surface area contributed by atoms with Gasteiger partial charge in [0.15, 0.2) is 11.5 Å². The lowest BCUT2D eigenvalue weighted by molar-refractivity contribution is 0.198. The van der Waals surface area contributed by atoms with Gasteiger partial charge in [0, 0.05) is 43.8 Å². The molecule has 1 N–H and O–H groups in total. The van der Waals surface area contributed by atoms with Crippen molar-refractivity contribution in [2.75, 3.05) is 43.8 Å². The van der Waals surface area contributed by atoms with Crippen LogP contribution in [0.2, 0.25) is 0 Å². The molecule has 164 valence electrons. The first kappa shape index (κ1) is 21.2. The Balaban J connectivity index is 1.33. The van der Waals surface area contributed by atoms with E-state index in [0.29, 0.717) is 18.9 Å². The lowest BCUT2D eigenvalue weighted by atomic mass is 10.1. The molecule has 9 heteroatoms. The minimum Gasteiger partial charge on any atom is -0.488 e. The van der Waals surface area contributed by atoms with Crippen molar-refractivity contribution < 1.29 is 17.9 Å². The Labute approximate surface area is 182 Å². The minimum absolute atomic E-state index is 0.570. The van der Waals surface area contributed by atoms with Gasteiger partial charge in [0.05, 0.1) is 18.3 Å². The number of benzene rings is 2. The largest absolute Gasteiger partial charge is 0.488 e. The molecular weight excluding hydrogens is 416 g/mol. The van der Waals surface area contributed by atoms with Crippen LogP contribution in [-0.4, -0.2) is 62.0 Å². The molecule has 0 radical (unpaired) electrons. The van der Waals surface area contributed by atoms with Gasteiger partial charge in [-0.2, -0.15) is 0 Å².